The molecule has 1 aliphatic heterocycles. The molecular weight excluding hydrogens is 243 g/mol. The van der Waals surface area contributed by atoms with Crippen LogP contribution in [0.2, 0.25) is 0 Å². The topological polar surface area (TPSA) is 42.4 Å². The number of aromatic nitrogens is 1. The molecule has 16 heavy (non-hydrogen) atoms. The molecule has 2 heterocycles. The van der Waals surface area contributed by atoms with Crippen molar-refractivity contribution < 1.29 is 23.0 Å². The fourth-order valence-corrected chi connectivity index (χ4v) is 2.48. The first-order valence-electron chi connectivity index (χ1n) is 4.75. The van der Waals surface area contributed by atoms with Gasteiger partial charge in [0, 0.05) is 12.8 Å². The van der Waals surface area contributed by atoms with E-state index in [0.717, 1.165) is 6.20 Å². The summed E-state index contributed by atoms with van der Waals surface area (Å²) in [6, 6.07) is 0. The average Bonchev–Trinajstić information content (AvgIpc) is 2.67. The zero-order chi connectivity index (χ0) is 11.8. The molecular formula is C9H10F3NO2S. The number of hydrogen-bond donors (Lipinski definition) is 1. The highest BCUT2D eigenvalue weighted by molar-refractivity contribution is 7.11. The summed E-state index contributed by atoms with van der Waals surface area (Å²) in [6.07, 6.45) is -2.32. The van der Waals surface area contributed by atoms with Crippen molar-refractivity contribution in [2.75, 3.05) is 13.2 Å². The van der Waals surface area contributed by atoms with Crippen LogP contribution in [0.15, 0.2) is 6.20 Å². The standard InChI is InChI=1S/C9H10F3NO2S/c10-9(11,12)7-13-4-6(16-7)8(14)2-1-3-15-5-8/h4,14H,1-3,5H2. The van der Waals surface area contributed by atoms with Crippen molar-refractivity contribution in [1.29, 1.82) is 0 Å². The van der Waals surface area contributed by atoms with Crippen molar-refractivity contribution >= 4 is 11.3 Å². The van der Waals surface area contributed by atoms with Crippen LogP contribution in [0.25, 0.3) is 0 Å². The van der Waals surface area contributed by atoms with Crippen LogP contribution in [0.4, 0.5) is 13.2 Å². The van der Waals surface area contributed by atoms with Crippen molar-refractivity contribution in [3.63, 3.8) is 0 Å². The van der Waals surface area contributed by atoms with Crippen LogP contribution in [0, 0.1) is 0 Å². The van der Waals surface area contributed by atoms with Crippen molar-refractivity contribution in [2.24, 2.45) is 0 Å². The summed E-state index contributed by atoms with van der Waals surface area (Å²) in [4.78, 5) is 3.51. The molecule has 7 heteroatoms. The number of hydrogen-bond acceptors (Lipinski definition) is 4. The minimum Gasteiger partial charge on any atom is -0.382 e. The summed E-state index contributed by atoms with van der Waals surface area (Å²) in [5.41, 5.74) is -1.31. The Bertz CT molecular complexity index is 371. The molecule has 0 radical (unpaired) electrons. The SMILES string of the molecule is OC1(c2cnc(C(F)(F)F)s2)CCCOC1. The van der Waals surface area contributed by atoms with Gasteiger partial charge in [-0.15, -0.1) is 11.3 Å². The molecule has 0 aliphatic carbocycles. The van der Waals surface area contributed by atoms with Gasteiger partial charge in [-0.25, -0.2) is 4.98 Å². The van der Waals surface area contributed by atoms with E-state index in [4.69, 9.17) is 4.74 Å². The number of rotatable bonds is 1. The molecule has 1 saturated heterocycles. The van der Waals surface area contributed by atoms with Gasteiger partial charge < -0.3 is 9.84 Å². The van der Waals surface area contributed by atoms with Crippen LogP contribution in [0.1, 0.15) is 22.7 Å². The Morgan fingerprint density at radius 1 is 1.50 bits per heavy atom. The Kier molecular flexibility index (Phi) is 2.93. The number of nitrogens with zero attached hydrogens (tertiary/aromatic N) is 1. The monoisotopic (exact) mass is 253 g/mol. The molecule has 90 valence electrons. The zero-order valence-corrected chi connectivity index (χ0v) is 9.07. The fraction of sp³-hybridized carbons (Fsp3) is 0.667. The van der Waals surface area contributed by atoms with Crippen LogP contribution in [-0.4, -0.2) is 23.3 Å². The summed E-state index contributed by atoms with van der Waals surface area (Å²) < 4.78 is 42.1. The molecule has 1 fully saturated rings. The van der Waals surface area contributed by atoms with Gasteiger partial charge >= 0.3 is 6.18 Å². The lowest BCUT2D eigenvalue weighted by molar-refractivity contribution is -0.137. The third kappa shape index (κ3) is 2.21. The molecule has 1 N–H and O–H groups in total. The van der Waals surface area contributed by atoms with E-state index in [9.17, 15) is 18.3 Å². The van der Waals surface area contributed by atoms with Crippen molar-refractivity contribution in [1.82, 2.24) is 4.98 Å². The maximum absolute atomic E-state index is 12.3. The van der Waals surface area contributed by atoms with E-state index in [-0.39, 0.29) is 11.5 Å². The number of alkyl halides is 3. The summed E-state index contributed by atoms with van der Waals surface area (Å²) in [5, 5.41) is 9.17. The van der Waals surface area contributed by atoms with Crippen LogP contribution in [0.5, 0.6) is 0 Å². The quantitative estimate of drug-likeness (QED) is 0.834. The van der Waals surface area contributed by atoms with Crippen LogP contribution in [-0.2, 0) is 16.5 Å². The maximum atomic E-state index is 12.3. The molecule has 1 aromatic rings. The third-order valence-corrected chi connectivity index (χ3v) is 3.66. The first kappa shape index (κ1) is 11.8. The molecule has 3 nitrogen and oxygen atoms in total. The molecule has 1 aromatic heterocycles. The van der Waals surface area contributed by atoms with Gasteiger partial charge in [0.15, 0.2) is 5.01 Å². The van der Waals surface area contributed by atoms with E-state index in [2.05, 4.69) is 4.98 Å². The van der Waals surface area contributed by atoms with Crippen molar-refractivity contribution in [2.45, 2.75) is 24.6 Å². The minimum absolute atomic E-state index is 0.0342. The second kappa shape index (κ2) is 3.97. The predicted molar refractivity (Wildman–Crippen MR) is 51.1 cm³/mol. The predicted octanol–water partition coefficient (Wildman–Crippen LogP) is 2.16. The van der Waals surface area contributed by atoms with Gasteiger partial charge in [0.25, 0.3) is 0 Å². The molecule has 1 atom stereocenters. The van der Waals surface area contributed by atoms with Crippen molar-refractivity contribution in [3.05, 3.63) is 16.1 Å². The van der Waals surface area contributed by atoms with Gasteiger partial charge in [-0.1, -0.05) is 0 Å². The Labute approximate surface area is 93.9 Å². The third-order valence-electron chi connectivity index (χ3n) is 2.43. The van der Waals surface area contributed by atoms with E-state index in [1.54, 1.807) is 0 Å². The summed E-state index contributed by atoms with van der Waals surface area (Å²) >= 11 is 0.479. The molecule has 1 unspecified atom stereocenters. The first-order valence-corrected chi connectivity index (χ1v) is 5.57. The lowest BCUT2D eigenvalue weighted by Gasteiger charge is -2.30. The van der Waals surface area contributed by atoms with E-state index in [1.165, 1.54) is 0 Å². The molecule has 0 saturated carbocycles. The van der Waals surface area contributed by atoms with Gasteiger partial charge in [-0.3, -0.25) is 0 Å². The van der Waals surface area contributed by atoms with Gasteiger partial charge in [-0.05, 0) is 12.8 Å². The smallest absolute Gasteiger partial charge is 0.382 e. The van der Waals surface area contributed by atoms with Crippen LogP contribution >= 0.6 is 11.3 Å². The number of halogens is 3. The van der Waals surface area contributed by atoms with Gasteiger partial charge in [-0.2, -0.15) is 13.2 Å². The largest absolute Gasteiger partial charge is 0.443 e. The van der Waals surface area contributed by atoms with E-state index < -0.39 is 16.8 Å². The van der Waals surface area contributed by atoms with Gasteiger partial charge in [0.2, 0.25) is 0 Å². The van der Waals surface area contributed by atoms with Gasteiger partial charge in [0.05, 0.1) is 11.5 Å². The van der Waals surface area contributed by atoms with E-state index in [1.807, 2.05) is 0 Å². The lowest BCUT2D eigenvalue weighted by atomic mass is 9.96. The Morgan fingerprint density at radius 2 is 2.25 bits per heavy atom. The molecule has 0 bridgehead atoms. The zero-order valence-electron chi connectivity index (χ0n) is 8.25. The average molecular weight is 253 g/mol. The Balaban J connectivity index is 2.24. The number of aliphatic hydroxyl groups is 1. The second-order valence-electron chi connectivity index (χ2n) is 3.72. The van der Waals surface area contributed by atoms with E-state index >= 15 is 0 Å². The molecule has 2 rings (SSSR count). The highest BCUT2D eigenvalue weighted by Gasteiger charge is 2.39. The molecule has 0 amide bonds. The summed E-state index contributed by atoms with van der Waals surface area (Å²) in [7, 11) is 0. The Morgan fingerprint density at radius 3 is 2.75 bits per heavy atom. The molecule has 0 spiro atoms. The normalized spacial score (nSPS) is 27.0. The molecule has 0 aromatic carbocycles. The summed E-state index contributed by atoms with van der Waals surface area (Å²) in [6.45, 7) is 0.569. The number of thiazole rings is 1. The van der Waals surface area contributed by atoms with Gasteiger partial charge in [0.1, 0.15) is 5.60 Å². The van der Waals surface area contributed by atoms with Crippen LogP contribution < -0.4 is 0 Å². The number of ether oxygens (including phenoxy) is 1. The van der Waals surface area contributed by atoms with Crippen molar-refractivity contribution in [3.8, 4) is 0 Å². The minimum atomic E-state index is -4.45. The first-order chi connectivity index (χ1) is 7.42. The lowest BCUT2D eigenvalue weighted by Crippen LogP contribution is -2.34. The van der Waals surface area contributed by atoms with E-state index in [0.29, 0.717) is 30.8 Å². The maximum Gasteiger partial charge on any atom is 0.443 e. The summed E-state index contributed by atoms with van der Waals surface area (Å²) in [5.74, 6) is 0. The fourth-order valence-electron chi connectivity index (χ4n) is 1.59. The van der Waals surface area contributed by atoms with Crippen LogP contribution in [0.3, 0.4) is 0 Å². The highest BCUT2D eigenvalue weighted by atomic mass is 32.1. The Hall–Kier alpha value is -0.660. The highest BCUT2D eigenvalue weighted by Crippen LogP contribution is 2.38. The second-order valence-corrected chi connectivity index (χ2v) is 4.75. The molecule has 1 aliphatic rings.